The van der Waals surface area contributed by atoms with Crippen LogP contribution in [0.2, 0.25) is 20.1 Å². The lowest BCUT2D eigenvalue weighted by Crippen LogP contribution is -2.57. The lowest BCUT2D eigenvalue weighted by Gasteiger charge is -2.53. The molecule has 2 aromatic carbocycles. The van der Waals surface area contributed by atoms with E-state index in [-0.39, 0.29) is 31.5 Å². The normalized spacial score (nSPS) is 32.8. The van der Waals surface area contributed by atoms with E-state index >= 15 is 0 Å². The molecule has 6 atom stereocenters. The largest absolute Gasteiger partial charge is 0.274 e. The van der Waals surface area contributed by atoms with E-state index in [0.717, 1.165) is 15.4 Å². The molecule has 0 aromatic heterocycles. The van der Waals surface area contributed by atoms with Crippen LogP contribution in [0.1, 0.15) is 13.8 Å². The number of allylic oxidation sites excluding steroid dienone is 2. The van der Waals surface area contributed by atoms with Gasteiger partial charge >= 0.3 is 0 Å². The molecule has 1 saturated carbocycles. The molecule has 2 aliphatic heterocycles. The highest BCUT2D eigenvalue weighted by Crippen LogP contribution is 2.66. The van der Waals surface area contributed by atoms with Gasteiger partial charge in [-0.15, -0.1) is 0 Å². The number of imide groups is 2. The zero-order valence-electron chi connectivity index (χ0n) is 19.0. The SMILES string of the molecule is CC1=CC2(C)[C@@H]3C(=O)N(c4cc(Cl)cc(Cl)c4)C(=O)[C@@H]3C1[C@@H]1C(=O)N(c3cc(Cl)cc(Cl)c3)C(=O)[C@H]12. The van der Waals surface area contributed by atoms with Gasteiger partial charge in [-0.1, -0.05) is 65.0 Å². The van der Waals surface area contributed by atoms with Gasteiger partial charge in [0.25, 0.3) is 0 Å². The van der Waals surface area contributed by atoms with Crippen molar-refractivity contribution >= 4 is 81.4 Å². The predicted octanol–water partition coefficient (Wildman–Crippen LogP) is 5.81. The third-order valence-electron chi connectivity index (χ3n) is 8.09. The van der Waals surface area contributed by atoms with Crippen LogP contribution in [0.25, 0.3) is 0 Å². The first-order valence-electron chi connectivity index (χ1n) is 11.3. The van der Waals surface area contributed by atoms with Crippen LogP contribution in [-0.4, -0.2) is 23.6 Å². The van der Waals surface area contributed by atoms with Crippen molar-refractivity contribution in [2.45, 2.75) is 13.8 Å². The lowest BCUT2D eigenvalue weighted by atomic mass is 9.46. The lowest BCUT2D eigenvalue weighted by molar-refractivity contribution is -0.146. The first-order valence-corrected chi connectivity index (χ1v) is 12.8. The van der Waals surface area contributed by atoms with Crippen molar-refractivity contribution < 1.29 is 19.2 Å². The van der Waals surface area contributed by atoms with E-state index in [1.165, 1.54) is 36.4 Å². The minimum atomic E-state index is -1.05. The number of amides is 4. The van der Waals surface area contributed by atoms with Gasteiger partial charge in [-0.2, -0.15) is 0 Å². The van der Waals surface area contributed by atoms with Crippen molar-refractivity contribution in [1.29, 1.82) is 0 Å². The minimum Gasteiger partial charge on any atom is -0.274 e. The molecular weight excluding hydrogens is 546 g/mol. The molecule has 2 unspecified atom stereocenters. The Balaban J connectivity index is 1.48. The fourth-order valence-electron chi connectivity index (χ4n) is 7.01. The smallest absolute Gasteiger partial charge is 0.238 e. The molecule has 0 spiro atoms. The van der Waals surface area contributed by atoms with Crippen LogP contribution in [0.5, 0.6) is 0 Å². The summed E-state index contributed by atoms with van der Waals surface area (Å²) in [6, 6.07) is 9.05. The van der Waals surface area contributed by atoms with Gasteiger partial charge in [-0.05, 0) is 43.3 Å². The second-order valence-corrected chi connectivity index (χ2v) is 11.8. The van der Waals surface area contributed by atoms with Gasteiger partial charge in [0, 0.05) is 31.4 Å². The van der Waals surface area contributed by atoms with Crippen molar-refractivity contribution in [3.8, 4) is 0 Å². The van der Waals surface area contributed by atoms with Crippen LogP contribution in [0.15, 0.2) is 48.0 Å². The van der Waals surface area contributed by atoms with Crippen LogP contribution in [0.4, 0.5) is 11.4 Å². The second kappa shape index (κ2) is 7.81. The number of rotatable bonds is 2. The Bertz CT molecular complexity index is 1320. The number of carbonyl (C=O) groups is 4. The number of benzene rings is 2. The Kier molecular flexibility index (Phi) is 5.20. The molecule has 2 saturated heterocycles. The summed E-state index contributed by atoms with van der Waals surface area (Å²) >= 11 is 24.6. The average molecular weight is 564 g/mol. The number of halogens is 4. The highest BCUT2D eigenvalue weighted by Gasteiger charge is 2.74. The molecule has 3 fully saturated rings. The van der Waals surface area contributed by atoms with E-state index in [4.69, 9.17) is 46.4 Å². The molecule has 36 heavy (non-hydrogen) atoms. The average Bonchev–Trinajstić information content (AvgIpc) is 3.18. The van der Waals surface area contributed by atoms with Crippen LogP contribution in [0.3, 0.4) is 0 Å². The molecule has 184 valence electrons. The number of hydrogen-bond acceptors (Lipinski definition) is 4. The van der Waals surface area contributed by atoms with E-state index in [2.05, 4.69) is 0 Å². The number of anilines is 2. The van der Waals surface area contributed by atoms with Crippen molar-refractivity contribution in [1.82, 2.24) is 0 Å². The van der Waals surface area contributed by atoms with Crippen molar-refractivity contribution in [3.05, 3.63) is 68.1 Å². The standard InChI is InChI=1S/C26H18Cl4N2O4/c1-10-9-26(2)20-18(22(33)31(24(20)35)15-5-11(27)3-12(28)6-15)17(10)19-21(26)25(36)32(23(19)34)16-7-13(29)4-14(30)8-16/h3-9,17-21H,1-2H3/t17?,18-,19+,20-,21-,26?/m0/s1. The molecule has 0 N–H and O–H groups in total. The Morgan fingerprint density at radius 1 is 0.611 bits per heavy atom. The van der Waals surface area contributed by atoms with E-state index in [1.807, 2.05) is 13.0 Å². The van der Waals surface area contributed by atoms with E-state index in [0.29, 0.717) is 0 Å². The minimum absolute atomic E-state index is 0.274. The molecule has 4 amide bonds. The van der Waals surface area contributed by atoms with Gasteiger partial charge in [0.15, 0.2) is 0 Å². The van der Waals surface area contributed by atoms with Crippen LogP contribution in [-0.2, 0) is 19.2 Å². The maximum Gasteiger partial charge on any atom is 0.238 e. The highest BCUT2D eigenvalue weighted by molar-refractivity contribution is 6.37. The summed E-state index contributed by atoms with van der Waals surface area (Å²) in [7, 11) is 0. The van der Waals surface area contributed by atoms with E-state index in [1.54, 1.807) is 6.92 Å². The third-order valence-corrected chi connectivity index (χ3v) is 8.96. The number of hydrogen-bond donors (Lipinski definition) is 0. The summed E-state index contributed by atoms with van der Waals surface area (Å²) in [5, 5.41) is 1.15. The molecule has 2 heterocycles. The molecule has 10 heteroatoms. The molecular formula is C26H18Cl4N2O4. The second-order valence-electron chi connectivity index (χ2n) is 10.1. The van der Waals surface area contributed by atoms with Crippen molar-refractivity contribution in [3.63, 3.8) is 0 Å². The highest BCUT2D eigenvalue weighted by atomic mass is 35.5. The Hall–Kier alpha value is -2.38. The molecule has 2 bridgehead atoms. The fraction of sp³-hybridized carbons (Fsp3) is 0.308. The van der Waals surface area contributed by atoms with Gasteiger partial charge in [0.1, 0.15) is 0 Å². The summed E-state index contributed by atoms with van der Waals surface area (Å²) in [6.45, 7) is 3.64. The van der Waals surface area contributed by atoms with Crippen LogP contribution < -0.4 is 9.80 Å². The summed E-state index contributed by atoms with van der Waals surface area (Å²) in [6.07, 6.45) is 1.90. The maximum absolute atomic E-state index is 13.8. The summed E-state index contributed by atoms with van der Waals surface area (Å²) in [5.74, 6) is -5.49. The fourth-order valence-corrected chi connectivity index (χ4v) is 8.04. The van der Waals surface area contributed by atoms with Gasteiger partial charge in [0.05, 0.1) is 35.0 Å². The first kappa shape index (κ1) is 24.0. The number of nitrogens with zero attached hydrogens (tertiary/aromatic N) is 2. The Morgan fingerprint density at radius 3 is 1.33 bits per heavy atom. The molecule has 5 aliphatic rings. The Morgan fingerprint density at radius 2 is 0.972 bits per heavy atom. The quantitative estimate of drug-likeness (QED) is 0.341. The van der Waals surface area contributed by atoms with Crippen LogP contribution >= 0.6 is 46.4 Å². The monoisotopic (exact) mass is 562 g/mol. The number of carbonyl (C=O) groups excluding carboxylic acids is 4. The van der Waals surface area contributed by atoms with Gasteiger partial charge in [-0.3, -0.25) is 19.2 Å². The van der Waals surface area contributed by atoms with Crippen molar-refractivity contribution in [2.24, 2.45) is 35.0 Å². The Labute approximate surface area is 226 Å². The summed E-state index contributed by atoms with van der Waals surface area (Å²) in [5.41, 5.74) is 0.312. The predicted molar refractivity (Wildman–Crippen MR) is 137 cm³/mol. The van der Waals surface area contributed by atoms with Gasteiger partial charge in [0.2, 0.25) is 23.6 Å². The molecule has 7 rings (SSSR count). The zero-order valence-corrected chi connectivity index (χ0v) is 22.0. The molecule has 2 aromatic rings. The maximum atomic E-state index is 13.8. The topological polar surface area (TPSA) is 74.8 Å². The van der Waals surface area contributed by atoms with E-state index in [9.17, 15) is 19.2 Å². The van der Waals surface area contributed by atoms with E-state index < -0.39 is 58.6 Å². The van der Waals surface area contributed by atoms with Gasteiger partial charge < -0.3 is 0 Å². The van der Waals surface area contributed by atoms with Gasteiger partial charge in [-0.25, -0.2) is 9.80 Å². The zero-order chi connectivity index (χ0) is 25.8. The van der Waals surface area contributed by atoms with Crippen LogP contribution in [0, 0.1) is 35.0 Å². The van der Waals surface area contributed by atoms with Crippen molar-refractivity contribution in [2.75, 3.05) is 9.80 Å². The summed E-state index contributed by atoms with van der Waals surface area (Å²) in [4.78, 5) is 57.5. The summed E-state index contributed by atoms with van der Waals surface area (Å²) < 4.78 is 0. The third kappa shape index (κ3) is 3.05. The molecule has 6 nitrogen and oxygen atoms in total. The molecule has 0 radical (unpaired) electrons. The molecule has 3 aliphatic carbocycles. The first-order chi connectivity index (χ1) is 16.9.